The summed E-state index contributed by atoms with van der Waals surface area (Å²) in [5, 5.41) is 0.00261. The third-order valence-corrected chi connectivity index (χ3v) is 5.19. The predicted octanol–water partition coefficient (Wildman–Crippen LogP) is 3.87. The highest BCUT2D eigenvalue weighted by atomic mass is 32.2. The quantitative estimate of drug-likeness (QED) is 0.798. The first-order valence-corrected chi connectivity index (χ1v) is 9.03. The molecule has 1 aliphatic rings. The van der Waals surface area contributed by atoms with Crippen LogP contribution in [-0.2, 0) is 11.3 Å². The fourth-order valence-corrected chi connectivity index (χ4v) is 3.97. The summed E-state index contributed by atoms with van der Waals surface area (Å²) >= 11 is 1.65. The minimum Gasteiger partial charge on any atom is -0.493 e. The van der Waals surface area contributed by atoms with Gasteiger partial charge in [0.1, 0.15) is 5.37 Å². The molecule has 1 amide bonds. The molecule has 0 aliphatic carbocycles. The van der Waals surface area contributed by atoms with E-state index < -0.39 is 0 Å². The lowest BCUT2D eigenvalue weighted by atomic mass is 10.1. The Kier molecular flexibility index (Phi) is 5.30. The van der Waals surface area contributed by atoms with Crippen molar-refractivity contribution in [1.29, 1.82) is 0 Å². The topological polar surface area (TPSA) is 38.8 Å². The van der Waals surface area contributed by atoms with Gasteiger partial charge in [-0.2, -0.15) is 0 Å². The molecule has 0 bridgehead atoms. The SMILES string of the molecule is CCOc1cc(C2SCC(=O)N2Cc2ccccc2)ccc1OC. The molecule has 0 spiro atoms. The van der Waals surface area contributed by atoms with Crippen LogP contribution in [0.25, 0.3) is 0 Å². The molecule has 1 heterocycles. The van der Waals surface area contributed by atoms with Crippen molar-refractivity contribution in [3.05, 3.63) is 59.7 Å². The van der Waals surface area contributed by atoms with E-state index in [2.05, 4.69) is 0 Å². The Balaban J connectivity index is 1.86. The molecule has 0 N–H and O–H groups in total. The zero-order valence-electron chi connectivity index (χ0n) is 13.9. The third-order valence-electron chi connectivity index (χ3n) is 3.94. The van der Waals surface area contributed by atoms with Crippen LogP contribution in [0.5, 0.6) is 11.5 Å². The van der Waals surface area contributed by atoms with Gasteiger partial charge in [-0.15, -0.1) is 11.8 Å². The summed E-state index contributed by atoms with van der Waals surface area (Å²) in [5.74, 6) is 2.11. The first-order valence-electron chi connectivity index (χ1n) is 7.98. The van der Waals surface area contributed by atoms with Crippen LogP contribution in [0.1, 0.15) is 23.4 Å². The highest BCUT2D eigenvalue weighted by Gasteiger charge is 2.33. The van der Waals surface area contributed by atoms with Crippen LogP contribution in [0.15, 0.2) is 48.5 Å². The summed E-state index contributed by atoms with van der Waals surface area (Å²) in [4.78, 5) is 14.3. The van der Waals surface area contributed by atoms with E-state index in [9.17, 15) is 4.79 Å². The maximum atomic E-state index is 12.3. The van der Waals surface area contributed by atoms with Gasteiger partial charge in [0.05, 0.1) is 19.5 Å². The van der Waals surface area contributed by atoms with Gasteiger partial charge in [-0.25, -0.2) is 0 Å². The number of carbonyl (C=O) groups is 1. The molecular weight excluding hydrogens is 322 g/mol. The first kappa shape index (κ1) is 16.7. The first-order chi connectivity index (χ1) is 11.7. The molecule has 3 rings (SSSR count). The van der Waals surface area contributed by atoms with Crippen molar-refractivity contribution < 1.29 is 14.3 Å². The van der Waals surface area contributed by atoms with Gasteiger partial charge >= 0.3 is 0 Å². The molecule has 1 unspecified atom stereocenters. The molecule has 0 radical (unpaired) electrons. The largest absolute Gasteiger partial charge is 0.493 e. The Hall–Kier alpha value is -2.14. The van der Waals surface area contributed by atoms with Crippen molar-refractivity contribution in [3.63, 3.8) is 0 Å². The van der Waals surface area contributed by atoms with Crippen LogP contribution in [0, 0.1) is 0 Å². The van der Waals surface area contributed by atoms with Crippen LogP contribution < -0.4 is 9.47 Å². The van der Waals surface area contributed by atoms with E-state index in [4.69, 9.17) is 9.47 Å². The Labute approximate surface area is 146 Å². The van der Waals surface area contributed by atoms with Gasteiger partial charge in [-0.05, 0) is 30.2 Å². The number of amides is 1. The number of carbonyl (C=O) groups excluding carboxylic acids is 1. The van der Waals surface area contributed by atoms with E-state index in [-0.39, 0.29) is 11.3 Å². The smallest absolute Gasteiger partial charge is 0.234 e. The molecule has 1 aliphatic heterocycles. The van der Waals surface area contributed by atoms with Gasteiger partial charge in [0, 0.05) is 6.54 Å². The molecule has 2 aromatic rings. The van der Waals surface area contributed by atoms with Gasteiger partial charge < -0.3 is 14.4 Å². The van der Waals surface area contributed by atoms with Gasteiger partial charge in [0.2, 0.25) is 5.91 Å². The molecule has 5 heteroatoms. The van der Waals surface area contributed by atoms with E-state index in [1.54, 1.807) is 18.9 Å². The molecule has 126 valence electrons. The molecular formula is C19H21NO3S. The lowest BCUT2D eigenvalue weighted by molar-refractivity contribution is -0.128. The predicted molar refractivity (Wildman–Crippen MR) is 96.4 cm³/mol. The number of thioether (sulfide) groups is 1. The molecule has 0 saturated carbocycles. The normalized spacial score (nSPS) is 17.2. The number of nitrogens with zero attached hydrogens (tertiary/aromatic N) is 1. The Morgan fingerprint density at radius 1 is 1.17 bits per heavy atom. The monoisotopic (exact) mass is 343 g/mol. The minimum atomic E-state index is 0.00261. The average molecular weight is 343 g/mol. The van der Waals surface area contributed by atoms with E-state index in [1.807, 2.05) is 60.4 Å². The minimum absolute atomic E-state index is 0.00261. The molecule has 1 atom stereocenters. The number of ether oxygens (including phenoxy) is 2. The second-order valence-corrected chi connectivity index (χ2v) is 6.58. The van der Waals surface area contributed by atoms with E-state index in [0.717, 1.165) is 16.9 Å². The van der Waals surface area contributed by atoms with Gasteiger partial charge in [0.15, 0.2) is 11.5 Å². The summed E-state index contributed by atoms with van der Waals surface area (Å²) in [6.45, 7) is 3.14. The van der Waals surface area contributed by atoms with Crippen LogP contribution in [0.4, 0.5) is 0 Å². The van der Waals surface area contributed by atoms with E-state index in [0.29, 0.717) is 24.7 Å². The number of benzene rings is 2. The zero-order valence-corrected chi connectivity index (χ0v) is 14.7. The molecule has 1 saturated heterocycles. The van der Waals surface area contributed by atoms with Crippen LogP contribution in [-0.4, -0.2) is 30.3 Å². The highest BCUT2D eigenvalue weighted by Crippen LogP contribution is 2.42. The standard InChI is InChI=1S/C19H21NO3S/c1-3-23-17-11-15(9-10-16(17)22-2)19-20(18(21)13-24-19)12-14-7-5-4-6-8-14/h4-11,19H,3,12-13H2,1-2H3. The maximum Gasteiger partial charge on any atom is 0.234 e. The number of hydrogen-bond donors (Lipinski definition) is 0. The van der Waals surface area contributed by atoms with Gasteiger partial charge in [0.25, 0.3) is 0 Å². The fraction of sp³-hybridized carbons (Fsp3) is 0.316. The van der Waals surface area contributed by atoms with Gasteiger partial charge in [-0.1, -0.05) is 36.4 Å². The second kappa shape index (κ2) is 7.62. The van der Waals surface area contributed by atoms with Gasteiger partial charge in [-0.3, -0.25) is 4.79 Å². The number of hydrogen-bond acceptors (Lipinski definition) is 4. The van der Waals surface area contributed by atoms with E-state index in [1.165, 1.54) is 0 Å². The molecule has 1 fully saturated rings. The van der Waals surface area contributed by atoms with Crippen molar-refractivity contribution in [3.8, 4) is 11.5 Å². The van der Waals surface area contributed by atoms with Crippen molar-refractivity contribution in [1.82, 2.24) is 4.90 Å². The van der Waals surface area contributed by atoms with Crippen LogP contribution in [0.3, 0.4) is 0 Å². The Morgan fingerprint density at radius 3 is 2.67 bits per heavy atom. The summed E-state index contributed by atoms with van der Waals surface area (Å²) in [6.07, 6.45) is 0. The van der Waals surface area contributed by atoms with Crippen molar-refractivity contribution in [2.24, 2.45) is 0 Å². The van der Waals surface area contributed by atoms with E-state index >= 15 is 0 Å². The third kappa shape index (κ3) is 3.51. The summed E-state index contributed by atoms with van der Waals surface area (Å²) < 4.78 is 11.0. The summed E-state index contributed by atoms with van der Waals surface area (Å²) in [5.41, 5.74) is 2.20. The van der Waals surface area contributed by atoms with Crippen molar-refractivity contribution in [2.45, 2.75) is 18.8 Å². The van der Waals surface area contributed by atoms with Crippen molar-refractivity contribution >= 4 is 17.7 Å². The second-order valence-electron chi connectivity index (χ2n) is 5.51. The molecule has 24 heavy (non-hydrogen) atoms. The summed E-state index contributed by atoms with van der Waals surface area (Å²) in [7, 11) is 1.63. The van der Waals surface area contributed by atoms with Crippen LogP contribution in [0.2, 0.25) is 0 Å². The average Bonchev–Trinajstić information content (AvgIpc) is 2.97. The molecule has 4 nitrogen and oxygen atoms in total. The lowest BCUT2D eigenvalue weighted by Crippen LogP contribution is -2.27. The zero-order chi connectivity index (χ0) is 16.9. The summed E-state index contributed by atoms with van der Waals surface area (Å²) in [6, 6.07) is 16.0. The Morgan fingerprint density at radius 2 is 1.96 bits per heavy atom. The van der Waals surface area contributed by atoms with Crippen molar-refractivity contribution in [2.75, 3.05) is 19.5 Å². The van der Waals surface area contributed by atoms with Crippen LogP contribution >= 0.6 is 11.8 Å². The molecule has 2 aromatic carbocycles. The highest BCUT2D eigenvalue weighted by molar-refractivity contribution is 8.00. The Bertz CT molecular complexity index is 705. The lowest BCUT2D eigenvalue weighted by Gasteiger charge is -2.25. The maximum absolute atomic E-state index is 12.3. The number of methoxy groups -OCH3 is 1. The number of rotatable bonds is 6. The molecule has 0 aromatic heterocycles. The fourth-order valence-electron chi connectivity index (χ4n) is 2.80.